The smallest absolute Gasteiger partial charge is 0.326 e. The van der Waals surface area contributed by atoms with E-state index < -0.39 is 0 Å². The van der Waals surface area contributed by atoms with E-state index >= 15 is 0 Å². The van der Waals surface area contributed by atoms with Gasteiger partial charge in [-0.05, 0) is 55.5 Å². The summed E-state index contributed by atoms with van der Waals surface area (Å²) in [6.07, 6.45) is 1.92. The number of nitrogens with one attached hydrogen (secondary N) is 1. The maximum Gasteiger partial charge on any atom is 0.326 e. The molecule has 0 unspecified atom stereocenters. The molecule has 8 heteroatoms. The fourth-order valence-electron chi connectivity index (χ4n) is 3.59. The van der Waals surface area contributed by atoms with Gasteiger partial charge in [-0.2, -0.15) is 0 Å². The van der Waals surface area contributed by atoms with E-state index in [4.69, 9.17) is 44.5 Å². The number of anilines is 2. The first-order chi connectivity index (χ1) is 14.4. The third-order valence-electron chi connectivity index (χ3n) is 5.07. The number of aromatic nitrogens is 2. The molecule has 0 saturated heterocycles. The molecule has 2 aromatic carbocycles. The van der Waals surface area contributed by atoms with Crippen LogP contribution in [0.5, 0.6) is 0 Å². The van der Waals surface area contributed by atoms with Gasteiger partial charge in [0, 0.05) is 5.02 Å². The zero-order chi connectivity index (χ0) is 21.8. The molecule has 160 valence electrons. The molecule has 0 amide bonds. The molecular formula is C22H24Cl3N3O2. The van der Waals surface area contributed by atoms with E-state index in [-0.39, 0.29) is 12.5 Å². The van der Waals surface area contributed by atoms with E-state index in [1.807, 2.05) is 16.7 Å². The van der Waals surface area contributed by atoms with Crippen molar-refractivity contribution in [3.05, 3.63) is 51.0 Å². The number of benzene rings is 2. The number of halogens is 3. The first kappa shape index (κ1) is 22.7. The highest BCUT2D eigenvalue weighted by Gasteiger charge is 2.22. The number of carbonyl (C=O) groups excluding carboxylic acids is 1. The van der Waals surface area contributed by atoms with Gasteiger partial charge in [0.1, 0.15) is 12.1 Å². The summed E-state index contributed by atoms with van der Waals surface area (Å²) in [5, 5.41) is 4.73. The van der Waals surface area contributed by atoms with Crippen molar-refractivity contribution in [2.75, 3.05) is 11.9 Å². The van der Waals surface area contributed by atoms with Crippen molar-refractivity contribution >= 4 is 63.4 Å². The maximum absolute atomic E-state index is 12.4. The number of carbonyl (C=O) groups is 1. The van der Waals surface area contributed by atoms with Crippen LogP contribution >= 0.6 is 34.8 Å². The van der Waals surface area contributed by atoms with Gasteiger partial charge in [-0.25, -0.2) is 4.98 Å². The molecule has 0 aliphatic carbocycles. The van der Waals surface area contributed by atoms with Gasteiger partial charge in [-0.15, -0.1) is 0 Å². The van der Waals surface area contributed by atoms with Gasteiger partial charge in [0.05, 0.1) is 27.9 Å². The molecule has 0 fully saturated rings. The predicted octanol–water partition coefficient (Wildman–Crippen LogP) is 7.21. The first-order valence-electron chi connectivity index (χ1n) is 9.95. The number of imidazole rings is 1. The zero-order valence-electron chi connectivity index (χ0n) is 17.1. The van der Waals surface area contributed by atoms with Crippen LogP contribution in [0.1, 0.15) is 45.1 Å². The van der Waals surface area contributed by atoms with Gasteiger partial charge in [0.2, 0.25) is 5.95 Å². The second-order valence-corrected chi connectivity index (χ2v) is 8.17. The summed E-state index contributed by atoms with van der Waals surface area (Å²) in [6.45, 7) is 6.38. The second kappa shape index (κ2) is 9.90. The number of hydrogen-bond donors (Lipinski definition) is 1. The van der Waals surface area contributed by atoms with Crippen LogP contribution in [0, 0.1) is 0 Å². The van der Waals surface area contributed by atoms with Crippen LogP contribution in [0.4, 0.5) is 11.6 Å². The van der Waals surface area contributed by atoms with Crippen LogP contribution < -0.4 is 5.32 Å². The Morgan fingerprint density at radius 2 is 1.83 bits per heavy atom. The number of nitrogens with zero attached hydrogens (tertiary/aromatic N) is 2. The minimum Gasteiger partial charge on any atom is -0.465 e. The Hall–Kier alpha value is -1.95. The van der Waals surface area contributed by atoms with Gasteiger partial charge in [-0.1, -0.05) is 54.7 Å². The van der Waals surface area contributed by atoms with Gasteiger partial charge >= 0.3 is 5.97 Å². The fraction of sp³-hybridized carbons (Fsp3) is 0.364. The van der Waals surface area contributed by atoms with Crippen LogP contribution in [-0.2, 0) is 16.1 Å². The number of rotatable bonds is 8. The molecule has 30 heavy (non-hydrogen) atoms. The summed E-state index contributed by atoms with van der Waals surface area (Å²) in [6, 6.07) is 9.02. The summed E-state index contributed by atoms with van der Waals surface area (Å²) in [5.74, 6) is 0.425. The highest BCUT2D eigenvalue weighted by Crippen LogP contribution is 2.37. The third kappa shape index (κ3) is 4.69. The van der Waals surface area contributed by atoms with Gasteiger partial charge < -0.3 is 10.1 Å². The molecule has 0 radical (unpaired) electrons. The average molecular weight is 469 g/mol. The molecule has 0 spiro atoms. The van der Waals surface area contributed by atoms with Crippen molar-refractivity contribution in [3.63, 3.8) is 0 Å². The highest BCUT2D eigenvalue weighted by molar-refractivity contribution is 6.36. The number of hydrogen-bond acceptors (Lipinski definition) is 4. The monoisotopic (exact) mass is 467 g/mol. The number of esters is 1. The first-order valence-corrected chi connectivity index (χ1v) is 11.1. The SMILES string of the molecule is CCOC(=O)Cn1c(Nc2ccc(Cl)cc2Cl)nc2c(Cl)ccc(C(CC)CC)c21. The van der Waals surface area contributed by atoms with Gasteiger partial charge in [0.25, 0.3) is 0 Å². The van der Waals surface area contributed by atoms with Gasteiger partial charge in [0.15, 0.2) is 0 Å². The molecule has 0 atom stereocenters. The van der Waals surface area contributed by atoms with Crippen LogP contribution in [0.15, 0.2) is 30.3 Å². The lowest BCUT2D eigenvalue weighted by Gasteiger charge is -2.17. The normalized spacial score (nSPS) is 11.3. The predicted molar refractivity (Wildman–Crippen MR) is 124 cm³/mol. The van der Waals surface area contributed by atoms with E-state index in [0.29, 0.717) is 44.7 Å². The third-order valence-corrected chi connectivity index (χ3v) is 5.92. The van der Waals surface area contributed by atoms with Crippen LogP contribution in [0.3, 0.4) is 0 Å². The summed E-state index contributed by atoms with van der Waals surface area (Å²) in [5.41, 5.74) is 3.20. The van der Waals surface area contributed by atoms with Crippen molar-refractivity contribution in [1.29, 1.82) is 0 Å². The summed E-state index contributed by atoms with van der Waals surface area (Å²) in [4.78, 5) is 17.1. The standard InChI is InChI=1S/C22H24Cl3N3O2/c1-4-13(5-2)15-8-9-16(24)20-21(15)28(12-19(29)30-6-3)22(27-20)26-18-10-7-14(23)11-17(18)25/h7-11,13H,4-6,12H2,1-3H3,(H,26,27). The summed E-state index contributed by atoms with van der Waals surface area (Å²) < 4.78 is 7.02. The molecule has 0 aliphatic rings. The van der Waals surface area contributed by atoms with Crippen LogP contribution in [-0.4, -0.2) is 22.1 Å². The van der Waals surface area contributed by atoms with Crippen molar-refractivity contribution in [3.8, 4) is 0 Å². The molecule has 5 nitrogen and oxygen atoms in total. The molecule has 3 aromatic rings. The molecule has 1 aromatic heterocycles. The molecule has 1 heterocycles. The molecule has 0 saturated carbocycles. The summed E-state index contributed by atoms with van der Waals surface area (Å²) >= 11 is 18.9. The Balaban J connectivity index is 2.21. The molecule has 3 rings (SSSR count). The fourth-order valence-corrected chi connectivity index (χ4v) is 4.24. The summed E-state index contributed by atoms with van der Waals surface area (Å²) in [7, 11) is 0. The Morgan fingerprint density at radius 1 is 1.10 bits per heavy atom. The van der Waals surface area contributed by atoms with E-state index in [0.717, 1.165) is 23.9 Å². The lowest BCUT2D eigenvalue weighted by molar-refractivity contribution is -0.143. The largest absolute Gasteiger partial charge is 0.465 e. The van der Waals surface area contributed by atoms with Crippen LogP contribution in [0.25, 0.3) is 11.0 Å². The average Bonchev–Trinajstić information content (AvgIpc) is 3.06. The minimum absolute atomic E-state index is 0.00533. The Kier molecular flexibility index (Phi) is 7.50. The lowest BCUT2D eigenvalue weighted by Crippen LogP contribution is -2.16. The van der Waals surface area contributed by atoms with Gasteiger partial charge in [-0.3, -0.25) is 9.36 Å². The van der Waals surface area contributed by atoms with E-state index in [9.17, 15) is 4.79 Å². The Bertz CT molecular complexity index is 1060. The van der Waals surface area contributed by atoms with E-state index in [1.54, 1.807) is 25.1 Å². The molecular weight excluding hydrogens is 445 g/mol. The van der Waals surface area contributed by atoms with Crippen LogP contribution in [0.2, 0.25) is 15.1 Å². The Morgan fingerprint density at radius 3 is 2.47 bits per heavy atom. The van der Waals surface area contributed by atoms with Crippen molar-refractivity contribution < 1.29 is 9.53 Å². The lowest BCUT2D eigenvalue weighted by atomic mass is 9.93. The van der Waals surface area contributed by atoms with Crippen molar-refractivity contribution in [2.24, 2.45) is 0 Å². The zero-order valence-corrected chi connectivity index (χ0v) is 19.4. The second-order valence-electron chi connectivity index (χ2n) is 6.92. The Labute approximate surface area is 191 Å². The van der Waals surface area contributed by atoms with Crippen molar-refractivity contribution in [1.82, 2.24) is 9.55 Å². The number of fused-ring (bicyclic) bond motifs is 1. The topological polar surface area (TPSA) is 56.1 Å². The minimum atomic E-state index is -0.350. The maximum atomic E-state index is 12.4. The quantitative estimate of drug-likeness (QED) is 0.355. The van der Waals surface area contributed by atoms with E-state index in [2.05, 4.69) is 19.2 Å². The molecule has 0 aliphatic heterocycles. The highest BCUT2D eigenvalue weighted by atomic mass is 35.5. The van der Waals surface area contributed by atoms with E-state index in [1.165, 1.54) is 0 Å². The molecule has 0 bridgehead atoms. The molecule has 1 N–H and O–H groups in total. The number of ether oxygens (including phenoxy) is 1. The van der Waals surface area contributed by atoms with Crippen molar-refractivity contribution in [2.45, 2.75) is 46.1 Å².